The number of ether oxygens (including phenoxy) is 1. The van der Waals surface area contributed by atoms with E-state index in [1.54, 1.807) is 11.6 Å². The first-order valence-electron chi connectivity index (χ1n) is 8.16. The molecule has 138 valence electrons. The number of nitrogens with zero attached hydrogens (tertiary/aromatic N) is 3. The first kappa shape index (κ1) is 17.7. The molecule has 0 spiro atoms. The van der Waals surface area contributed by atoms with E-state index < -0.39 is 17.4 Å². The highest BCUT2D eigenvalue weighted by molar-refractivity contribution is 5.74. The first-order valence-corrected chi connectivity index (χ1v) is 8.16. The van der Waals surface area contributed by atoms with Crippen LogP contribution in [0, 0.1) is 6.92 Å². The molecule has 2 heterocycles. The van der Waals surface area contributed by atoms with Crippen molar-refractivity contribution in [1.82, 2.24) is 19.1 Å². The minimum absolute atomic E-state index is 0.0529. The normalized spacial score (nSPS) is 12.3. The fourth-order valence-corrected chi connectivity index (χ4v) is 2.77. The van der Waals surface area contributed by atoms with Crippen LogP contribution in [-0.4, -0.2) is 44.0 Å². The van der Waals surface area contributed by atoms with Gasteiger partial charge in [-0.2, -0.15) is 4.98 Å². The van der Waals surface area contributed by atoms with Crippen LogP contribution in [0.4, 0.5) is 5.95 Å². The number of para-hydroxylation sites is 1. The molecule has 2 aromatic heterocycles. The van der Waals surface area contributed by atoms with Crippen molar-refractivity contribution in [3.8, 4) is 5.75 Å². The average Bonchev–Trinajstić information content (AvgIpc) is 2.98. The van der Waals surface area contributed by atoms with Gasteiger partial charge in [-0.15, -0.1) is 0 Å². The summed E-state index contributed by atoms with van der Waals surface area (Å²) < 4.78 is 8.46. The monoisotopic (exact) mass is 359 g/mol. The highest BCUT2D eigenvalue weighted by Gasteiger charge is 2.19. The van der Waals surface area contributed by atoms with Crippen molar-refractivity contribution in [3.63, 3.8) is 0 Å². The van der Waals surface area contributed by atoms with Crippen molar-refractivity contribution in [2.24, 2.45) is 7.05 Å². The van der Waals surface area contributed by atoms with Crippen LogP contribution in [0.3, 0.4) is 0 Å². The third kappa shape index (κ3) is 3.21. The maximum Gasteiger partial charge on any atom is 0.329 e. The summed E-state index contributed by atoms with van der Waals surface area (Å²) in [4.78, 5) is 30.5. The largest absolute Gasteiger partial charge is 0.491 e. The minimum Gasteiger partial charge on any atom is -0.491 e. The number of aromatic nitrogens is 4. The number of aliphatic hydroxyl groups is 1. The Balaban J connectivity index is 1.88. The van der Waals surface area contributed by atoms with Crippen LogP contribution in [0.15, 0.2) is 33.9 Å². The Hall–Kier alpha value is -3.07. The molecule has 0 saturated carbocycles. The van der Waals surface area contributed by atoms with Crippen LogP contribution in [0.25, 0.3) is 11.2 Å². The Bertz CT molecular complexity index is 1050. The van der Waals surface area contributed by atoms with Crippen molar-refractivity contribution < 1.29 is 9.84 Å². The summed E-state index contributed by atoms with van der Waals surface area (Å²) in [6.07, 6.45) is -0.879. The van der Waals surface area contributed by atoms with Gasteiger partial charge in [0.2, 0.25) is 5.95 Å². The third-order valence-electron chi connectivity index (χ3n) is 4.15. The number of aliphatic hydroxyl groups excluding tert-OH is 1. The number of fused-ring (bicyclic) bond motifs is 1. The van der Waals surface area contributed by atoms with Crippen LogP contribution >= 0.6 is 0 Å². The molecule has 3 N–H and O–H groups in total. The second-order valence-electron chi connectivity index (χ2n) is 6.02. The Labute approximate surface area is 148 Å². The molecular weight excluding hydrogens is 338 g/mol. The van der Waals surface area contributed by atoms with Crippen molar-refractivity contribution >= 4 is 17.1 Å². The molecular formula is C17H21N5O4. The lowest BCUT2D eigenvalue weighted by molar-refractivity contribution is 0.0935. The van der Waals surface area contributed by atoms with E-state index in [1.807, 2.05) is 31.2 Å². The van der Waals surface area contributed by atoms with Gasteiger partial charge in [0, 0.05) is 14.1 Å². The standard InChI is InChI=1S/C17H21N5O4/c1-10-6-4-5-7-12(10)26-9-11(23)8-22-13-14(19-16(22)18-2)21(3)17(25)20-15(13)24/h4-7,11,23H,8-9H2,1-3H3,(H,18,19)(H,20,24,25)/t11-/m0/s1. The number of nitrogens with one attached hydrogen (secondary N) is 2. The summed E-state index contributed by atoms with van der Waals surface area (Å²) >= 11 is 0. The molecule has 3 rings (SSSR count). The zero-order valence-electron chi connectivity index (χ0n) is 14.8. The quantitative estimate of drug-likeness (QED) is 0.580. The third-order valence-corrected chi connectivity index (χ3v) is 4.15. The van der Waals surface area contributed by atoms with Crippen molar-refractivity contribution in [1.29, 1.82) is 0 Å². The van der Waals surface area contributed by atoms with E-state index in [1.165, 1.54) is 11.6 Å². The zero-order valence-corrected chi connectivity index (χ0v) is 14.8. The topological polar surface area (TPSA) is 114 Å². The van der Waals surface area contributed by atoms with E-state index in [4.69, 9.17) is 4.74 Å². The Morgan fingerprint density at radius 2 is 2.08 bits per heavy atom. The minimum atomic E-state index is -0.879. The molecule has 0 saturated heterocycles. The Morgan fingerprint density at radius 3 is 2.77 bits per heavy atom. The number of anilines is 1. The fourth-order valence-electron chi connectivity index (χ4n) is 2.77. The molecule has 0 amide bonds. The molecule has 0 aliphatic heterocycles. The number of hydrogen-bond acceptors (Lipinski definition) is 6. The van der Waals surface area contributed by atoms with Gasteiger partial charge in [-0.05, 0) is 18.6 Å². The number of imidazole rings is 1. The molecule has 26 heavy (non-hydrogen) atoms. The van der Waals surface area contributed by atoms with Gasteiger partial charge >= 0.3 is 5.69 Å². The summed E-state index contributed by atoms with van der Waals surface area (Å²) in [5.74, 6) is 1.07. The maximum absolute atomic E-state index is 12.2. The number of aryl methyl sites for hydroxylation is 2. The van der Waals surface area contributed by atoms with Crippen LogP contribution in [0.5, 0.6) is 5.75 Å². The fraction of sp³-hybridized carbons (Fsp3) is 0.353. The van der Waals surface area contributed by atoms with Gasteiger partial charge in [0.1, 0.15) is 18.5 Å². The van der Waals surface area contributed by atoms with Crippen LogP contribution in [0.2, 0.25) is 0 Å². The molecule has 0 aliphatic rings. The van der Waals surface area contributed by atoms with Crippen LogP contribution < -0.4 is 21.3 Å². The summed E-state index contributed by atoms with van der Waals surface area (Å²) in [5.41, 5.74) is 0.332. The molecule has 0 bridgehead atoms. The van der Waals surface area contributed by atoms with Crippen LogP contribution in [-0.2, 0) is 13.6 Å². The summed E-state index contributed by atoms with van der Waals surface area (Å²) in [6, 6.07) is 7.52. The number of rotatable bonds is 6. The Kier molecular flexibility index (Phi) is 4.81. The molecule has 1 atom stereocenters. The lowest BCUT2D eigenvalue weighted by Gasteiger charge is -2.16. The van der Waals surface area contributed by atoms with E-state index in [0.29, 0.717) is 11.7 Å². The SMILES string of the molecule is CNc1nc2c(c(=O)[nH]c(=O)n2C)n1C[C@H](O)COc1ccccc1C. The second kappa shape index (κ2) is 7.04. The summed E-state index contributed by atoms with van der Waals surface area (Å²) in [5, 5.41) is 13.3. The molecule has 0 fully saturated rings. The first-order chi connectivity index (χ1) is 12.4. The van der Waals surface area contributed by atoms with Gasteiger partial charge in [-0.25, -0.2) is 4.79 Å². The zero-order chi connectivity index (χ0) is 18.8. The predicted octanol–water partition coefficient (Wildman–Crippen LogP) is 0.213. The summed E-state index contributed by atoms with van der Waals surface area (Å²) in [7, 11) is 3.18. The van der Waals surface area contributed by atoms with E-state index in [2.05, 4.69) is 15.3 Å². The van der Waals surface area contributed by atoms with Gasteiger partial charge in [-0.1, -0.05) is 18.2 Å². The van der Waals surface area contributed by atoms with Gasteiger partial charge in [0.25, 0.3) is 5.56 Å². The molecule has 9 heteroatoms. The predicted molar refractivity (Wildman–Crippen MR) is 97.8 cm³/mol. The number of hydrogen-bond donors (Lipinski definition) is 3. The molecule has 1 aromatic carbocycles. The van der Waals surface area contributed by atoms with E-state index in [9.17, 15) is 14.7 Å². The van der Waals surface area contributed by atoms with Crippen molar-refractivity contribution in [2.45, 2.75) is 19.6 Å². The second-order valence-corrected chi connectivity index (χ2v) is 6.02. The van der Waals surface area contributed by atoms with Gasteiger partial charge in [0.05, 0.1) is 6.54 Å². The lowest BCUT2D eigenvalue weighted by Crippen LogP contribution is -2.30. The van der Waals surface area contributed by atoms with Gasteiger partial charge < -0.3 is 19.7 Å². The molecule has 3 aromatic rings. The number of aromatic amines is 1. The lowest BCUT2D eigenvalue weighted by atomic mass is 10.2. The molecule has 0 aliphatic carbocycles. The van der Waals surface area contributed by atoms with E-state index >= 15 is 0 Å². The summed E-state index contributed by atoms with van der Waals surface area (Å²) in [6.45, 7) is 2.06. The van der Waals surface area contributed by atoms with Gasteiger partial charge in [-0.3, -0.25) is 14.3 Å². The van der Waals surface area contributed by atoms with Crippen LogP contribution in [0.1, 0.15) is 5.56 Å². The van der Waals surface area contributed by atoms with E-state index in [0.717, 1.165) is 5.56 Å². The highest BCUT2D eigenvalue weighted by atomic mass is 16.5. The molecule has 0 radical (unpaired) electrons. The van der Waals surface area contributed by atoms with Gasteiger partial charge in [0.15, 0.2) is 11.2 Å². The molecule has 0 unspecified atom stereocenters. The van der Waals surface area contributed by atoms with Crippen molar-refractivity contribution in [2.75, 3.05) is 19.0 Å². The number of benzene rings is 1. The molecule has 9 nitrogen and oxygen atoms in total. The number of H-pyrrole nitrogens is 1. The highest BCUT2D eigenvalue weighted by Crippen LogP contribution is 2.18. The van der Waals surface area contributed by atoms with Crippen molar-refractivity contribution in [3.05, 3.63) is 50.7 Å². The Morgan fingerprint density at radius 1 is 1.35 bits per heavy atom. The average molecular weight is 359 g/mol. The smallest absolute Gasteiger partial charge is 0.329 e. The van der Waals surface area contributed by atoms with E-state index in [-0.39, 0.29) is 24.3 Å². The maximum atomic E-state index is 12.2.